The molecule has 0 heterocycles. The second kappa shape index (κ2) is 17.8. The molecule has 12 heteroatoms. The van der Waals surface area contributed by atoms with E-state index < -0.39 is 67.5 Å². The second-order valence-electron chi connectivity index (χ2n) is 8.50. The summed E-state index contributed by atoms with van der Waals surface area (Å²) in [7, 11) is 0. The summed E-state index contributed by atoms with van der Waals surface area (Å²) in [5.74, 6) is -4.42. The standard InChI is InChI=1S/C25H38N4O8/c1-2-3-4-5-9-12-22(32)37-16-20(29-23(33)19(15-30)27-21(31)14-26)24(34)28-18(25(35)36)13-17-10-7-6-8-11-17/h6-8,10-11,18-20,30H,2-5,9,12-16,26H2,1H3,(H,27,31)(H,28,34)(H,29,33)(H,35,36)/t18-,19-,20-/m0/s1. The van der Waals surface area contributed by atoms with Crippen LogP contribution in [0.1, 0.15) is 51.0 Å². The summed E-state index contributed by atoms with van der Waals surface area (Å²) in [5.41, 5.74) is 5.88. The Labute approximate surface area is 216 Å². The maximum Gasteiger partial charge on any atom is 0.326 e. The molecule has 0 fully saturated rings. The topological polar surface area (TPSA) is 197 Å². The number of benzene rings is 1. The first kappa shape index (κ1) is 31.5. The van der Waals surface area contributed by atoms with Crippen LogP contribution in [0, 0.1) is 0 Å². The number of esters is 1. The quantitative estimate of drug-likeness (QED) is 0.110. The Morgan fingerprint density at radius 2 is 1.51 bits per heavy atom. The van der Waals surface area contributed by atoms with E-state index in [2.05, 4.69) is 22.9 Å². The molecule has 0 radical (unpaired) electrons. The summed E-state index contributed by atoms with van der Waals surface area (Å²) in [6.07, 6.45) is 4.67. The van der Waals surface area contributed by atoms with Crippen LogP contribution < -0.4 is 21.7 Å². The van der Waals surface area contributed by atoms with Crippen molar-refractivity contribution in [1.29, 1.82) is 0 Å². The van der Waals surface area contributed by atoms with Crippen molar-refractivity contribution in [3.05, 3.63) is 35.9 Å². The fourth-order valence-electron chi connectivity index (χ4n) is 3.35. The zero-order valence-electron chi connectivity index (χ0n) is 21.1. The molecule has 0 saturated carbocycles. The zero-order valence-corrected chi connectivity index (χ0v) is 21.1. The van der Waals surface area contributed by atoms with Crippen LogP contribution in [-0.4, -0.2) is 77.8 Å². The van der Waals surface area contributed by atoms with Gasteiger partial charge in [-0.05, 0) is 12.0 Å². The average Bonchev–Trinajstić information content (AvgIpc) is 2.89. The predicted molar refractivity (Wildman–Crippen MR) is 134 cm³/mol. The van der Waals surface area contributed by atoms with Crippen molar-refractivity contribution in [2.45, 2.75) is 70.0 Å². The Hall–Kier alpha value is -3.51. The molecule has 0 aliphatic carbocycles. The van der Waals surface area contributed by atoms with Crippen molar-refractivity contribution in [3.8, 4) is 0 Å². The van der Waals surface area contributed by atoms with Crippen LogP contribution in [-0.2, 0) is 35.1 Å². The van der Waals surface area contributed by atoms with Gasteiger partial charge in [0.1, 0.15) is 24.7 Å². The van der Waals surface area contributed by atoms with E-state index in [4.69, 9.17) is 10.5 Å². The van der Waals surface area contributed by atoms with Crippen molar-refractivity contribution >= 4 is 29.7 Å². The number of aliphatic carboxylic acids is 1. The number of ether oxygens (including phenoxy) is 1. The summed E-state index contributed by atoms with van der Waals surface area (Å²) in [6.45, 7) is 0.301. The monoisotopic (exact) mass is 522 g/mol. The van der Waals surface area contributed by atoms with Crippen LogP contribution >= 0.6 is 0 Å². The number of carboxylic acid groups (broad SMARTS) is 1. The van der Waals surface area contributed by atoms with E-state index >= 15 is 0 Å². The molecular formula is C25H38N4O8. The van der Waals surface area contributed by atoms with E-state index in [1.165, 1.54) is 0 Å². The lowest BCUT2D eigenvalue weighted by molar-refractivity contribution is -0.148. The number of carbonyl (C=O) groups is 5. The van der Waals surface area contributed by atoms with Gasteiger partial charge in [-0.15, -0.1) is 0 Å². The number of hydrogen-bond acceptors (Lipinski definition) is 8. The highest BCUT2D eigenvalue weighted by molar-refractivity contribution is 5.94. The molecule has 0 aliphatic heterocycles. The molecule has 0 bridgehead atoms. The van der Waals surface area contributed by atoms with Gasteiger partial charge in [-0.2, -0.15) is 0 Å². The minimum absolute atomic E-state index is 0.0219. The third-order valence-corrected chi connectivity index (χ3v) is 5.45. The van der Waals surface area contributed by atoms with Gasteiger partial charge in [0.25, 0.3) is 0 Å². The number of nitrogens with one attached hydrogen (secondary N) is 3. The van der Waals surface area contributed by atoms with Crippen LogP contribution in [0.3, 0.4) is 0 Å². The highest BCUT2D eigenvalue weighted by atomic mass is 16.5. The molecule has 12 nitrogen and oxygen atoms in total. The fourth-order valence-corrected chi connectivity index (χ4v) is 3.35. The van der Waals surface area contributed by atoms with Crippen molar-refractivity contribution in [2.75, 3.05) is 19.8 Å². The van der Waals surface area contributed by atoms with Gasteiger partial charge in [-0.1, -0.05) is 62.9 Å². The molecule has 0 saturated heterocycles. The van der Waals surface area contributed by atoms with E-state index in [0.717, 1.165) is 25.7 Å². The molecule has 1 aromatic rings. The Morgan fingerprint density at radius 3 is 2.11 bits per heavy atom. The third kappa shape index (κ3) is 12.8. The van der Waals surface area contributed by atoms with Gasteiger partial charge < -0.3 is 36.6 Å². The average molecular weight is 523 g/mol. The first-order chi connectivity index (χ1) is 17.7. The lowest BCUT2D eigenvalue weighted by atomic mass is 10.1. The van der Waals surface area contributed by atoms with Crippen LogP contribution in [0.15, 0.2) is 30.3 Å². The van der Waals surface area contributed by atoms with Gasteiger partial charge in [-0.3, -0.25) is 19.2 Å². The molecule has 3 amide bonds. The Bertz CT molecular complexity index is 881. The first-order valence-corrected chi connectivity index (χ1v) is 12.3. The number of aliphatic hydroxyl groups excluding tert-OH is 1. The van der Waals surface area contributed by atoms with Gasteiger partial charge in [0, 0.05) is 12.8 Å². The highest BCUT2D eigenvalue weighted by Crippen LogP contribution is 2.07. The maximum absolute atomic E-state index is 13.0. The lowest BCUT2D eigenvalue weighted by Gasteiger charge is -2.23. The number of rotatable bonds is 18. The van der Waals surface area contributed by atoms with Gasteiger partial charge in [0.2, 0.25) is 17.7 Å². The van der Waals surface area contributed by atoms with Crippen molar-refractivity contribution in [2.24, 2.45) is 5.73 Å². The summed E-state index contributed by atoms with van der Waals surface area (Å²) in [4.78, 5) is 61.0. The molecule has 1 aromatic carbocycles. The van der Waals surface area contributed by atoms with E-state index in [1.807, 2.05) is 0 Å². The zero-order chi connectivity index (χ0) is 27.6. The van der Waals surface area contributed by atoms with E-state index in [1.54, 1.807) is 30.3 Å². The minimum Gasteiger partial charge on any atom is -0.480 e. The summed E-state index contributed by atoms with van der Waals surface area (Å²) >= 11 is 0. The number of hydrogen-bond donors (Lipinski definition) is 6. The van der Waals surface area contributed by atoms with Gasteiger partial charge in [0.05, 0.1) is 13.2 Å². The van der Waals surface area contributed by atoms with Crippen molar-refractivity contribution in [3.63, 3.8) is 0 Å². The molecule has 0 unspecified atom stereocenters. The molecular weight excluding hydrogens is 484 g/mol. The smallest absolute Gasteiger partial charge is 0.326 e. The SMILES string of the molecule is CCCCCCCC(=O)OC[C@H](NC(=O)[C@H](CO)NC(=O)CN)C(=O)N[C@@H](Cc1ccccc1)C(=O)O. The number of amides is 3. The third-order valence-electron chi connectivity index (χ3n) is 5.45. The fraction of sp³-hybridized carbons (Fsp3) is 0.560. The second-order valence-corrected chi connectivity index (χ2v) is 8.50. The van der Waals surface area contributed by atoms with Crippen LogP contribution in [0.2, 0.25) is 0 Å². The van der Waals surface area contributed by atoms with Crippen molar-refractivity contribution < 1.29 is 38.9 Å². The summed E-state index contributed by atoms with van der Waals surface area (Å²) in [6, 6.07) is 4.41. The number of unbranched alkanes of at least 4 members (excludes halogenated alkanes) is 4. The molecule has 3 atom stereocenters. The Morgan fingerprint density at radius 1 is 0.892 bits per heavy atom. The molecule has 1 rings (SSSR count). The highest BCUT2D eigenvalue weighted by Gasteiger charge is 2.30. The number of carboxylic acids is 1. The van der Waals surface area contributed by atoms with E-state index in [9.17, 15) is 34.2 Å². The lowest BCUT2D eigenvalue weighted by Crippen LogP contribution is -2.58. The molecule has 0 aliphatic rings. The number of carbonyl (C=O) groups excluding carboxylic acids is 4. The predicted octanol–water partition coefficient (Wildman–Crippen LogP) is -0.377. The maximum atomic E-state index is 13.0. The molecule has 0 aromatic heterocycles. The molecule has 7 N–H and O–H groups in total. The van der Waals surface area contributed by atoms with Gasteiger partial charge >= 0.3 is 11.9 Å². The van der Waals surface area contributed by atoms with Gasteiger partial charge in [0.15, 0.2) is 0 Å². The van der Waals surface area contributed by atoms with Gasteiger partial charge in [-0.25, -0.2) is 4.79 Å². The molecule has 206 valence electrons. The number of aliphatic hydroxyl groups is 1. The Kier molecular flexibility index (Phi) is 15.2. The number of nitrogens with two attached hydrogens (primary N) is 1. The first-order valence-electron chi connectivity index (χ1n) is 12.3. The molecule has 0 spiro atoms. The van der Waals surface area contributed by atoms with Crippen LogP contribution in [0.5, 0.6) is 0 Å². The largest absolute Gasteiger partial charge is 0.480 e. The Balaban J connectivity index is 2.89. The molecule has 37 heavy (non-hydrogen) atoms. The van der Waals surface area contributed by atoms with E-state index in [-0.39, 0.29) is 12.8 Å². The normalized spacial score (nSPS) is 13.1. The minimum atomic E-state index is -1.47. The summed E-state index contributed by atoms with van der Waals surface area (Å²) < 4.78 is 5.18. The van der Waals surface area contributed by atoms with Crippen LogP contribution in [0.4, 0.5) is 0 Å². The summed E-state index contributed by atoms with van der Waals surface area (Å²) in [5, 5.41) is 25.9. The van der Waals surface area contributed by atoms with E-state index in [0.29, 0.717) is 12.0 Å². The van der Waals surface area contributed by atoms with Crippen molar-refractivity contribution in [1.82, 2.24) is 16.0 Å². The van der Waals surface area contributed by atoms with Crippen LogP contribution in [0.25, 0.3) is 0 Å².